The number of rotatable bonds is 4. The first-order valence-electron chi connectivity index (χ1n) is 7.73. The van der Waals surface area contributed by atoms with Crippen molar-refractivity contribution in [1.29, 1.82) is 0 Å². The van der Waals surface area contributed by atoms with Crippen molar-refractivity contribution in [2.24, 2.45) is 0 Å². The molecule has 1 atom stereocenters. The Hall–Kier alpha value is -3.09. The van der Waals surface area contributed by atoms with Gasteiger partial charge in [0.05, 0.1) is 17.9 Å². The Morgan fingerprint density at radius 1 is 1.21 bits per heavy atom. The second-order valence-electron chi connectivity index (χ2n) is 5.45. The highest BCUT2D eigenvalue weighted by Gasteiger charge is 2.33. The second kappa shape index (κ2) is 7.88. The summed E-state index contributed by atoms with van der Waals surface area (Å²) in [6, 6.07) is 1.15. The van der Waals surface area contributed by atoms with Gasteiger partial charge in [0.15, 0.2) is 5.82 Å². The summed E-state index contributed by atoms with van der Waals surface area (Å²) in [5, 5.41) is 9.07. The Balaban J connectivity index is 1.70. The minimum Gasteiger partial charge on any atom is -0.328 e. The summed E-state index contributed by atoms with van der Waals surface area (Å²) in [6.45, 7) is 1.66. The lowest BCUT2D eigenvalue weighted by molar-refractivity contribution is -0.141. The van der Waals surface area contributed by atoms with Gasteiger partial charge in [-0.2, -0.15) is 23.0 Å². The number of aromatic nitrogens is 6. The molecule has 0 aliphatic heterocycles. The van der Waals surface area contributed by atoms with E-state index >= 15 is 0 Å². The number of alkyl halides is 3. The largest absolute Gasteiger partial charge is 0.433 e. The van der Waals surface area contributed by atoms with Crippen molar-refractivity contribution in [3.63, 3.8) is 0 Å². The lowest BCUT2D eigenvalue weighted by Crippen LogP contribution is -2.33. The van der Waals surface area contributed by atoms with E-state index in [0.29, 0.717) is 5.82 Å². The SMILES string of the molecule is C[C@H](NC(=O)Nc1cnc(C(F)(F)F)cc1Br)c1ncnn1-c1ncccn1. The van der Waals surface area contributed by atoms with Gasteiger partial charge in [-0.1, -0.05) is 0 Å². The zero-order valence-electron chi connectivity index (χ0n) is 14.1. The molecule has 0 unspecified atom stereocenters. The molecule has 0 aromatic carbocycles. The van der Waals surface area contributed by atoms with Gasteiger partial charge in [-0.15, -0.1) is 0 Å². The van der Waals surface area contributed by atoms with E-state index in [1.165, 1.54) is 23.4 Å². The zero-order chi connectivity index (χ0) is 20.3. The number of hydrogen-bond acceptors (Lipinski definition) is 6. The number of pyridine rings is 1. The molecule has 0 aliphatic carbocycles. The van der Waals surface area contributed by atoms with Crippen LogP contribution in [0.25, 0.3) is 5.95 Å². The van der Waals surface area contributed by atoms with E-state index in [0.717, 1.165) is 12.3 Å². The summed E-state index contributed by atoms with van der Waals surface area (Å²) in [4.78, 5) is 27.7. The monoisotopic (exact) mass is 456 g/mol. The molecule has 3 heterocycles. The van der Waals surface area contributed by atoms with Crippen molar-refractivity contribution in [2.75, 3.05) is 5.32 Å². The fourth-order valence-electron chi connectivity index (χ4n) is 2.20. The smallest absolute Gasteiger partial charge is 0.328 e. The van der Waals surface area contributed by atoms with E-state index in [-0.39, 0.29) is 16.1 Å². The zero-order valence-corrected chi connectivity index (χ0v) is 15.7. The Morgan fingerprint density at radius 2 is 1.93 bits per heavy atom. The van der Waals surface area contributed by atoms with Gasteiger partial charge in [0.25, 0.3) is 5.95 Å². The van der Waals surface area contributed by atoms with Crippen molar-refractivity contribution < 1.29 is 18.0 Å². The van der Waals surface area contributed by atoms with E-state index in [2.05, 4.69) is 51.6 Å². The molecule has 3 rings (SSSR count). The molecule has 0 aliphatic rings. The van der Waals surface area contributed by atoms with Crippen LogP contribution in [0, 0.1) is 0 Å². The Kier molecular flexibility index (Phi) is 5.53. The molecule has 2 amide bonds. The summed E-state index contributed by atoms with van der Waals surface area (Å²) < 4.78 is 39.4. The molecule has 3 aromatic heterocycles. The molecule has 0 bridgehead atoms. The summed E-state index contributed by atoms with van der Waals surface area (Å²) >= 11 is 2.99. The van der Waals surface area contributed by atoms with Crippen molar-refractivity contribution in [1.82, 2.24) is 35.0 Å². The molecular formula is C15H12BrF3N8O. The molecule has 9 nitrogen and oxygen atoms in total. The molecule has 0 fully saturated rings. The number of carbonyl (C=O) groups excluding carboxylic acids is 1. The van der Waals surface area contributed by atoms with E-state index in [4.69, 9.17) is 0 Å². The van der Waals surface area contributed by atoms with Crippen LogP contribution in [-0.2, 0) is 6.18 Å². The van der Waals surface area contributed by atoms with Crippen molar-refractivity contribution >= 4 is 27.6 Å². The normalized spacial score (nSPS) is 12.5. The molecule has 2 N–H and O–H groups in total. The van der Waals surface area contributed by atoms with Gasteiger partial charge in [-0.3, -0.25) is 0 Å². The maximum Gasteiger partial charge on any atom is 0.433 e. The predicted octanol–water partition coefficient (Wildman–Crippen LogP) is 3.12. The average Bonchev–Trinajstić information content (AvgIpc) is 3.13. The standard InChI is InChI=1S/C15H12BrF3N8O/c1-8(12-23-7-24-27(12)13-20-3-2-4-21-13)25-14(28)26-10-6-22-11(5-9(10)16)15(17,18)19/h2-8H,1H3,(H2,25,26,28)/t8-/m0/s1. The molecule has 3 aromatic rings. The molecule has 0 saturated carbocycles. The van der Waals surface area contributed by atoms with Gasteiger partial charge in [0.1, 0.15) is 12.0 Å². The van der Waals surface area contributed by atoms with Crippen LogP contribution >= 0.6 is 15.9 Å². The first kappa shape index (κ1) is 19.7. The van der Waals surface area contributed by atoms with Crippen molar-refractivity contribution in [2.45, 2.75) is 19.1 Å². The molecule has 13 heteroatoms. The van der Waals surface area contributed by atoms with Gasteiger partial charge < -0.3 is 10.6 Å². The van der Waals surface area contributed by atoms with Gasteiger partial charge in [-0.25, -0.2) is 24.7 Å². The van der Waals surface area contributed by atoms with Crippen LogP contribution in [-0.4, -0.2) is 35.7 Å². The number of urea groups is 1. The topological polar surface area (TPSA) is 111 Å². The number of carbonyl (C=O) groups is 1. The number of halogens is 4. The van der Waals surface area contributed by atoms with Gasteiger partial charge in [-0.05, 0) is 35.0 Å². The minimum absolute atomic E-state index is 0.0403. The van der Waals surface area contributed by atoms with Crippen LogP contribution in [0.2, 0.25) is 0 Å². The van der Waals surface area contributed by atoms with Crippen LogP contribution in [0.5, 0.6) is 0 Å². The molecule has 28 heavy (non-hydrogen) atoms. The average molecular weight is 457 g/mol. The van der Waals surface area contributed by atoms with Gasteiger partial charge in [0, 0.05) is 16.9 Å². The van der Waals surface area contributed by atoms with E-state index in [1.54, 1.807) is 13.0 Å². The fourth-order valence-corrected chi connectivity index (χ4v) is 2.62. The van der Waals surface area contributed by atoms with Crippen LogP contribution in [0.4, 0.5) is 23.7 Å². The quantitative estimate of drug-likeness (QED) is 0.623. The summed E-state index contributed by atoms with van der Waals surface area (Å²) in [7, 11) is 0. The second-order valence-corrected chi connectivity index (χ2v) is 6.30. The van der Waals surface area contributed by atoms with E-state index in [1.807, 2.05) is 0 Å². The number of nitrogens with zero attached hydrogens (tertiary/aromatic N) is 6. The summed E-state index contributed by atoms with van der Waals surface area (Å²) in [5.74, 6) is 0.643. The number of amides is 2. The summed E-state index contributed by atoms with van der Waals surface area (Å²) in [6.07, 6.45) is 0.693. The maximum absolute atomic E-state index is 12.7. The minimum atomic E-state index is -4.58. The molecule has 0 radical (unpaired) electrons. The Morgan fingerprint density at radius 3 is 2.57 bits per heavy atom. The number of hydrogen-bond donors (Lipinski definition) is 2. The lowest BCUT2D eigenvalue weighted by Gasteiger charge is -2.15. The fraction of sp³-hybridized carbons (Fsp3) is 0.200. The predicted molar refractivity (Wildman–Crippen MR) is 94.5 cm³/mol. The highest BCUT2D eigenvalue weighted by molar-refractivity contribution is 9.10. The third-order valence-electron chi connectivity index (χ3n) is 3.44. The van der Waals surface area contributed by atoms with Crippen LogP contribution in [0.3, 0.4) is 0 Å². The molecular weight excluding hydrogens is 445 g/mol. The molecule has 146 valence electrons. The third kappa shape index (κ3) is 4.42. The highest BCUT2D eigenvalue weighted by Crippen LogP contribution is 2.32. The van der Waals surface area contributed by atoms with Crippen molar-refractivity contribution in [3.05, 3.63) is 53.0 Å². The third-order valence-corrected chi connectivity index (χ3v) is 4.10. The Labute approximate surface area is 164 Å². The first-order valence-corrected chi connectivity index (χ1v) is 8.52. The first-order chi connectivity index (χ1) is 13.3. The van der Waals surface area contributed by atoms with Gasteiger partial charge in [0.2, 0.25) is 0 Å². The maximum atomic E-state index is 12.7. The lowest BCUT2D eigenvalue weighted by atomic mass is 10.3. The number of anilines is 1. The Bertz CT molecular complexity index is 979. The van der Waals surface area contributed by atoms with Crippen molar-refractivity contribution in [3.8, 4) is 5.95 Å². The van der Waals surface area contributed by atoms with E-state index in [9.17, 15) is 18.0 Å². The number of nitrogens with one attached hydrogen (secondary N) is 2. The van der Waals surface area contributed by atoms with Crippen LogP contribution < -0.4 is 10.6 Å². The van der Waals surface area contributed by atoms with Gasteiger partial charge >= 0.3 is 12.2 Å². The van der Waals surface area contributed by atoms with Crippen LogP contribution in [0.15, 0.2) is 41.5 Å². The van der Waals surface area contributed by atoms with Crippen LogP contribution in [0.1, 0.15) is 24.5 Å². The highest BCUT2D eigenvalue weighted by atomic mass is 79.9. The summed E-state index contributed by atoms with van der Waals surface area (Å²) in [5.41, 5.74) is -1.000. The van der Waals surface area contributed by atoms with E-state index < -0.39 is 23.9 Å². The molecule has 0 saturated heterocycles. The molecule has 0 spiro atoms.